The number of carbonyl (C=O) groups is 1. The third-order valence-electron chi connectivity index (χ3n) is 2.01. The lowest BCUT2D eigenvalue weighted by Crippen LogP contribution is -2.35. The second-order valence-corrected chi connectivity index (χ2v) is 6.78. The van der Waals surface area contributed by atoms with Crippen LogP contribution in [0.15, 0.2) is 26.0 Å². The summed E-state index contributed by atoms with van der Waals surface area (Å²) in [5.41, 5.74) is 5.75. The van der Waals surface area contributed by atoms with E-state index in [0.29, 0.717) is 8.95 Å². The Morgan fingerprint density at radius 2 is 2.00 bits per heavy atom. The predicted molar refractivity (Wildman–Crippen MR) is 75.5 cm³/mol. The first kappa shape index (κ1) is 15.4. The molecule has 9 heteroatoms. The Morgan fingerprint density at radius 1 is 1.39 bits per heavy atom. The molecule has 0 aromatic heterocycles. The SMILES string of the molecule is CNC(=O)CNS(=O)(=O)c1c(N)cc(Br)cc1Br. The Morgan fingerprint density at radius 3 is 2.50 bits per heavy atom. The Kier molecular flexibility index (Phi) is 5.14. The van der Waals surface area contributed by atoms with E-state index in [9.17, 15) is 13.2 Å². The van der Waals surface area contributed by atoms with Gasteiger partial charge >= 0.3 is 0 Å². The van der Waals surface area contributed by atoms with Gasteiger partial charge in [0, 0.05) is 16.0 Å². The molecule has 0 fully saturated rings. The number of likely N-dealkylation sites (N-methyl/N-ethyl adjacent to an activating group) is 1. The minimum atomic E-state index is -3.85. The van der Waals surface area contributed by atoms with E-state index in [1.807, 2.05) is 0 Å². The summed E-state index contributed by atoms with van der Waals surface area (Å²) in [6, 6.07) is 3.03. The van der Waals surface area contributed by atoms with E-state index >= 15 is 0 Å². The molecule has 1 aromatic carbocycles. The standard InChI is InChI=1S/C9H11Br2N3O3S/c1-13-8(15)4-14-18(16,17)9-6(11)2-5(10)3-7(9)12/h2-3,14H,4,12H2,1H3,(H,13,15). The van der Waals surface area contributed by atoms with Gasteiger partial charge in [0.2, 0.25) is 15.9 Å². The number of nitrogens with one attached hydrogen (secondary N) is 2. The van der Waals surface area contributed by atoms with Gasteiger partial charge in [0.25, 0.3) is 0 Å². The summed E-state index contributed by atoms with van der Waals surface area (Å²) in [5, 5.41) is 2.31. The van der Waals surface area contributed by atoms with Crippen molar-refractivity contribution in [2.24, 2.45) is 0 Å². The lowest BCUT2D eigenvalue weighted by atomic mass is 10.3. The minimum absolute atomic E-state index is 0.0839. The van der Waals surface area contributed by atoms with Crippen LogP contribution in [0.4, 0.5) is 5.69 Å². The van der Waals surface area contributed by atoms with Crippen molar-refractivity contribution >= 4 is 53.5 Å². The third kappa shape index (κ3) is 3.67. The van der Waals surface area contributed by atoms with Crippen LogP contribution in [-0.4, -0.2) is 27.9 Å². The predicted octanol–water partition coefficient (Wildman–Crippen LogP) is 0.818. The van der Waals surface area contributed by atoms with Gasteiger partial charge in [-0.05, 0) is 28.1 Å². The quantitative estimate of drug-likeness (QED) is 0.651. The van der Waals surface area contributed by atoms with Crippen molar-refractivity contribution in [1.82, 2.24) is 10.0 Å². The Hall–Kier alpha value is -0.640. The molecule has 0 aliphatic rings. The van der Waals surface area contributed by atoms with Crippen LogP contribution in [0.1, 0.15) is 0 Å². The summed E-state index contributed by atoms with van der Waals surface area (Å²) in [4.78, 5) is 10.9. The van der Waals surface area contributed by atoms with E-state index in [4.69, 9.17) is 5.73 Å². The fourth-order valence-corrected chi connectivity index (χ4v) is 4.23. The van der Waals surface area contributed by atoms with Crippen LogP contribution in [-0.2, 0) is 14.8 Å². The van der Waals surface area contributed by atoms with Gasteiger partial charge in [-0.25, -0.2) is 13.1 Å². The van der Waals surface area contributed by atoms with Crippen LogP contribution in [0.3, 0.4) is 0 Å². The average molecular weight is 401 g/mol. The molecule has 0 spiro atoms. The first-order chi connectivity index (χ1) is 8.27. The largest absolute Gasteiger partial charge is 0.398 e. The van der Waals surface area contributed by atoms with Gasteiger partial charge in [-0.1, -0.05) is 15.9 Å². The first-order valence-electron chi connectivity index (χ1n) is 4.72. The maximum atomic E-state index is 12.0. The Bertz CT molecular complexity index is 551. The second-order valence-electron chi connectivity index (χ2n) is 3.30. The molecule has 0 radical (unpaired) electrons. The molecule has 100 valence electrons. The van der Waals surface area contributed by atoms with E-state index in [1.54, 1.807) is 6.07 Å². The van der Waals surface area contributed by atoms with Crippen molar-refractivity contribution in [3.05, 3.63) is 21.1 Å². The lowest BCUT2D eigenvalue weighted by Gasteiger charge is -2.11. The molecule has 0 unspecified atom stereocenters. The summed E-state index contributed by atoms with van der Waals surface area (Å²) < 4.78 is 27.1. The first-order valence-corrected chi connectivity index (χ1v) is 7.79. The fourth-order valence-electron chi connectivity index (χ4n) is 1.18. The lowest BCUT2D eigenvalue weighted by molar-refractivity contribution is -0.119. The smallest absolute Gasteiger partial charge is 0.244 e. The molecule has 6 nitrogen and oxygen atoms in total. The number of amides is 1. The number of rotatable bonds is 4. The molecule has 0 saturated carbocycles. The van der Waals surface area contributed by atoms with Crippen LogP contribution < -0.4 is 15.8 Å². The summed E-state index contributed by atoms with van der Waals surface area (Å²) in [6.07, 6.45) is 0. The number of hydrogen-bond donors (Lipinski definition) is 3. The van der Waals surface area contributed by atoms with Crippen LogP contribution in [0.5, 0.6) is 0 Å². The van der Waals surface area contributed by atoms with Crippen molar-refractivity contribution in [1.29, 1.82) is 0 Å². The number of benzene rings is 1. The summed E-state index contributed by atoms with van der Waals surface area (Å²) >= 11 is 6.33. The molecule has 0 bridgehead atoms. The summed E-state index contributed by atoms with van der Waals surface area (Å²) in [5.74, 6) is -0.439. The van der Waals surface area contributed by atoms with Gasteiger partial charge < -0.3 is 11.1 Å². The van der Waals surface area contributed by atoms with Gasteiger partial charge in [-0.15, -0.1) is 0 Å². The van der Waals surface area contributed by atoms with Crippen LogP contribution in [0.25, 0.3) is 0 Å². The molecular formula is C9H11Br2N3O3S. The minimum Gasteiger partial charge on any atom is -0.398 e. The number of anilines is 1. The van der Waals surface area contributed by atoms with Gasteiger partial charge in [-0.3, -0.25) is 4.79 Å². The number of halogens is 2. The molecule has 0 aliphatic carbocycles. The van der Waals surface area contributed by atoms with Crippen LogP contribution in [0, 0.1) is 0 Å². The van der Waals surface area contributed by atoms with Crippen LogP contribution >= 0.6 is 31.9 Å². The van der Waals surface area contributed by atoms with Crippen molar-refractivity contribution < 1.29 is 13.2 Å². The van der Waals surface area contributed by atoms with E-state index in [0.717, 1.165) is 0 Å². The Balaban J connectivity index is 3.10. The van der Waals surface area contributed by atoms with E-state index in [-0.39, 0.29) is 17.1 Å². The average Bonchev–Trinajstić information content (AvgIpc) is 2.24. The zero-order valence-electron chi connectivity index (χ0n) is 9.33. The normalized spacial score (nSPS) is 11.3. The molecular weight excluding hydrogens is 390 g/mol. The molecule has 0 saturated heterocycles. The Labute approximate surface area is 122 Å². The maximum Gasteiger partial charge on any atom is 0.244 e. The van der Waals surface area contributed by atoms with Gasteiger partial charge in [0.15, 0.2) is 0 Å². The van der Waals surface area contributed by atoms with E-state index in [2.05, 4.69) is 41.9 Å². The molecule has 1 rings (SSSR count). The highest BCUT2D eigenvalue weighted by molar-refractivity contribution is 9.11. The summed E-state index contributed by atoms with van der Waals surface area (Å²) in [7, 11) is -2.43. The van der Waals surface area contributed by atoms with Crippen molar-refractivity contribution in [2.75, 3.05) is 19.3 Å². The number of nitrogen functional groups attached to an aromatic ring is 1. The summed E-state index contributed by atoms with van der Waals surface area (Å²) in [6.45, 7) is -0.346. The number of sulfonamides is 1. The van der Waals surface area contributed by atoms with Gasteiger partial charge in [-0.2, -0.15) is 0 Å². The number of carbonyl (C=O) groups excluding carboxylic acids is 1. The zero-order valence-corrected chi connectivity index (χ0v) is 13.3. The van der Waals surface area contributed by atoms with Gasteiger partial charge in [0.05, 0.1) is 12.2 Å². The number of hydrogen-bond acceptors (Lipinski definition) is 4. The van der Waals surface area contributed by atoms with E-state index in [1.165, 1.54) is 13.1 Å². The molecule has 4 N–H and O–H groups in total. The zero-order chi connectivity index (χ0) is 13.9. The monoisotopic (exact) mass is 399 g/mol. The topological polar surface area (TPSA) is 101 Å². The van der Waals surface area contributed by atoms with E-state index < -0.39 is 15.9 Å². The fraction of sp³-hybridized carbons (Fsp3) is 0.222. The molecule has 1 aromatic rings. The molecule has 0 heterocycles. The number of nitrogens with two attached hydrogens (primary N) is 1. The van der Waals surface area contributed by atoms with Gasteiger partial charge in [0.1, 0.15) is 4.90 Å². The second kappa shape index (κ2) is 6.00. The third-order valence-corrected chi connectivity index (χ3v) is 4.87. The van der Waals surface area contributed by atoms with Crippen molar-refractivity contribution in [2.45, 2.75) is 4.90 Å². The molecule has 1 amide bonds. The van der Waals surface area contributed by atoms with Crippen molar-refractivity contribution in [3.63, 3.8) is 0 Å². The molecule has 0 aliphatic heterocycles. The highest BCUT2D eigenvalue weighted by Crippen LogP contribution is 2.31. The highest BCUT2D eigenvalue weighted by Gasteiger charge is 2.22. The molecule has 0 atom stereocenters. The maximum absolute atomic E-state index is 12.0. The van der Waals surface area contributed by atoms with Crippen LogP contribution in [0.2, 0.25) is 0 Å². The van der Waals surface area contributed by atoms with Crippen molar-refractivity contribution in [3.8, 4) is 0 Å². The molecule has 18 heavy (non-hydrogen) atoms. The highest BCUT2D eigenvalue weighted by atomic mass is 79.9.